The van der Waals surface area contributed by atoms with E-state index >= 15 is 0 Å². The number of amides is 1. The first kappa shape index (κ1) is 28.1. The number of nitrogens with one attached hydrogen (secondary N) is 2. The minimum absolute atomic E-state index is 0.0608. The number of carbonyl (C=O) groups is 2. The van der Waals surface area contributed by atoms with Gasteiger partial charge in [0.25, 0.3) is 5.56 Å². The second kappa shape index (κ2) is 12.3. The maximum Gasteiger partial charge on any atom is 0.343 e. The summed E-state index contributed by atoms with van der Waals surface area (Å²) in [7, 11) is 4.31. The highest BCUT2D eigenvalue weighted by atomic mass is 16.7. The maximum atomic E-state index is 13.2. The largest absolute Gasteiger partial charge is 0.506 e. The van der Waals surface area contributed by atoms with Crippen molar-refractivity contribution in [3.8, 4) is 34.5 Å². The molecule has 0 spiro atoms. The molecule has 0 fully saturated rings. The van der Waals surface area contributed by atoms with Crippen molar-refractivity contribution < 1.29 is 43.1 Å². The van der Waals surface area contributed by atoms with E-state index in [0.29, 0.717) is 22.8 Å². The minimum atomic E-state index is -1.02. The molecular weight excluding hydrogens is 524 g/mol. The maximum absolute atomic E-state index is 13.2. The van der Waals surface area contributed by atoms with Gasteiger partial charge in [-0.1, -0.05) is 6.07 Å². The fourth-order valence-corrected chi connectivity index (χ4v) is 4.42. The number of hydrogen-bond acceptors (Lipinski definition) is 10. The van der Waals surface area contributed by atoms with Gasteiger partial charge in [-0.15, -0.1) is 0 Å². The lowest BCUT2D eigenvalue weighted by atomic mass is 9.87. The molecular formula is C28H30N2O10. The average molecular weight is 555 g/mol. The first-order valence-corrected chi connectivity index (χ1v) is 12.4. The molecule has 1 amide bonds. The van der Waals surface area contributed by atoms with Gasteiger partial charge in [-0.3, -0.25) is 9.59 Å². The summed E-state index contributed by atoms with van der Waals surface area (Å²) in [5.74, 6) is -0.820. The molecule has 0 bridgehead atoms. The molecule has 1 aliphatic rings. The number of esters is 1. The van der Waals surface area contributed by atoms with E-state index < -0.39 is 29.1 Å². The summed E-state index contributed by atoms with van der Waals surface area (Å²) in [6.45, 7) is 1.98. The van der Waals surface area contributed by atoms with E-state index in [1.165, 1.54) is 21.3 Å². The number of aromatic nitrogens is 1. The zero-order valence-corrected chi connectivity index (χ0v) is 22.5. The third-order valence-electron chi connectivity index (χ3n) is 6.35. The van der Waals surface area contributed by atoms with Crippen LogP contribution in [0.2, 0.25) is 0 Å². The van der Waals surface area contributed by atoms with E-state index in [1.807, 2.05) is 0 Å². The number of methoxy groups -OCH3 is 3. The topological polar surface area (TPSA) is 155 Å². The second-order valence-electron chi connectivity index (χ2n) is 8.69. The van der Waals surface area contributed by atoms with Gasteiger partial charge in [0.1, 0.15) is 11.3 Å². The third kappa shape index (κ3) is 5.75. The molecule has 2 aromatic carbocycles. The van der Waals surface area contributed by atoms with E-state index in [9.17, 15) is 19.5 Å². The molecule has 0 radical (unpaired) electrons. The lowest BCUT2D eigenvalue weighted by molar-refractivity contribution is -0.121. The fourth-order valence-electron chi connectivity index (χ4n) is 4.42. The van der Waals surface area contributed by atoms with Crippen LogP contribution >= 0.6 is 0 Å². The Labute approximate surface area is 229 Å². The highest BCUT2D eigenvalue weighted by Crippen LogP contribution is 2.43. The van der Waals surface area contributed by atoms with Gasteiger partial charge in [0, 0.05) is 25.1 Å². The number of hydrogen-bond donors (Lipinski definition) is 3. The Hall–Kier alpha value is -4.87. The summed E-state index contributed by atoms with van der Waals surface area (Å²) in [6, 6.07) is 8.46. The summed E-state index contributed by atoms with van der Waals surface area (Å²) >= 11 is 0. The first-order chi connectivity index (χ1) is 19.3. The molecule has 0 saturated heterocycles. The zero-order valence-electron chi connectivity index (χ0n) is 22.5. The first-order valence-electron chi connectivity index (χ1n) is 12.4. The lowest BCUT2D eigenvalue weighted by Crippen LogP contribution is -2.28. The number of carbonyl (C=O) groups excluding carboxylic acids is 2. The Morgan fingerprint density at radius 3 is 2.40 bits per heavy atom. The van der Waals surface area contributed by atoms with Crippen molar-refractivity contribution in [1.29, 1.82) is 0 Å². The molecule has 3 aromatic rings. The SMILES string of the molecule is CCOC(=O)c1c[nH]c(=O)c([C@@H](CC(=O)NCc2ccc3c(c2)OCO3)c2cc(OC)c(OC)c(OC)c2)c1O. The molecule has 1 aromatic heterocycles. The molecule has 2 heterocycles. The number of ether oxygens (including phenoxy) is 6. The van der Waals surface area contributed by atoms with E-state index in [4.69, 9.17) is 28.4 Å². The average Bonchev–Trinajstić information content (AvgIpc) is 3.43. The predicted octanol–water partition coefficient (Wildman–Crippen LogP) is 2.85. The van der Waals surface area contributed by atoms with Crippen molar-refractivity contribution in [1.82, 2.24) is 10.3 Å². The molecule has 0 unspecified atom stereocenters. The predicted molar refractivity (Wildman–Crippen MR) is 142 cm³/mol. The van der Waals surface area contributed by atoms with Crippen LogP contribution in [-0.4, -0.2) is 56.7 Å². The van der Waals surface area contributed by atoms with Gasteiger partial charge in [0.15, 0.2) is 23.0 Å². The number of aromatic hydroxyl groups is 1. The van der Waals surface area contributed by atoms with Crippen LogP contribution in [-0.2, 0) is 16.1 Å². The number of benzene rings is 2. The van der Waals surface area contributed by atoms with Crippen molar-refractivity contribution in [3.05, 3.63) is 69.1 Å². The van der Waals surface area contributed by atoms with Gasteiger partial charge in [0.05, 0.1) is 33.5 Å². The van der Waals surface area contributed by atoms with Crippen LogP contribution < -0.4 is 34.6 Å². The van der Waals surface area contributed by atoms with Crippen LogP contribution in [0, 0.1) is 0 Å². The highest BCUT2D eigenvalue weighted by molar-refractivity contribution is 5.92. The zero-order chi connectivity index (χ0) is 28.8. The number of fused-ring (bicyclic) bond motifs is 1. The van der Waals surface area contributed by atoms with Crippen LogP contribution in [0.4, 0.5) is 0 Å². The van der Waals surface area contributed by atoms with E-state index in [0.717, 1.165) is 11.8 Å². The molecule has 0 aliphatic carbocycles. The molecule has 3 N–H and O–H groups in total. The summed E-state index contributed by atoms with van der Waals surface area (Å²) in [5, 5.41) is 13.9. The van der Waals surface area contributed by atoms with Gasteiger partial charge in [0.2, 0.25) is 18.4 Å². The summed E-state index contributed by atoms with van der Waals surface area (Å²) < 4.78 is 32.0. The Morgan fingerprint density at radius 1 is 1.05 bits per heavy atom. The smallest absolute Gasteiger partial charge is 0.343 e. The van der Waals surface area contributed by atoms with Gasteiger partial charge in [-0.25, -0.2) is 4.79 Å². The van der Waals surface area contributed by atoms with E-state index in [2.05, 4.69) is 10.3 Å². The van der Waals surface area contributed by atoms with Crippen molar-refractivity contribution in [3.63, 3.8) is 0 Å². The minimum Gasteiger partial charge on any atom is -0.506 e. The van der Waals surface area contributed by atoms with Crippen LogP contribution in [0.1, 0.15) is 46.3 Å². The van der Waals surface area contributed by atoms with Gasteiger partial charge in [-0.05, 0) is 42.3 Å². The van der Waals surface area contributed by atoms with Gasteiger partial charge in [-0.2, -0.15) is 0 Å². The Kier molecular flexibility index (Phi) is 8.67. The van der Waals surface area contributed by atoms with Crippen LogP contribution in [0.3, 0.4) is 0 Å². The van der Waals surface area contributed by atoms with E-state index in [-0.39, 0.29) is 49.0 Å². The van der Waals surface area contributed by atoms with Crippen molar-refractivity contribution in [2.75, 3.05) is 34.7 Å². The Balaban J connectivity index is 1.73. The summed E-state index contributed by atoms with van der Waals surface area (Å²) in [5.41, 5.74) is 0.0436. The summed E-state index contributed by atoms with van der Waals surface area (Å²) in [4.78, 5) is 41.3. The van der Waals surface area contributed by atoms with Crippen LogP contribution in [0.5, 0.6) is 34.5 Å². The van der Waals surface area contributed by atoms with Crippen molar-refractivity contribution in [2.45, 2.75) is 25.8 Å². The quantitative estimate of drug-likeness (QED) is 0.301. The Morgan fingerprint density at radius 2 is 1.75 bits per heavy atom. The van der Waals surface area contributed by atoms with Crippen molar-refractivity contribution >= 4 is 11.9 Å². The third-order valence-corrected chi connectivity index (χ3v) is 6.35. The lowest BCUT2D eigenvalue weighted by Gasteiger charge is -2.22. The molecule has 212 valence electrons. The fraction of sp³-hybridized carbons (Fsp3) is 0.321. The monoisotopic (exact) mass is 554 g/mol. The second-order valence-corrected chi connectivity index (χ2v) is 8.69. The van der Waals surface area contributed by atoms with Crippen LogP contribution in [0.25, 0.3) is 0 Å². The number of H-pyrrole nitrogens is 1. The molecule has 0 saturated carbocycles. The normalized spacial score (nSPS) is 12.4. The molecule has 1 atom stereocenters. The van der Waals surface area contributed by atoms with Crippen LogP contribution in [0.15, 0.2) is 41.3 Å². The molecule has 4 rings (SSSR count). The van der Waals surface area contributed by atoms with E-state index in [1.54, 1.807) is 37.3 Å². The number of aromatic amines is 1. The molecule has 1 aliphatic heterocycles. The Bertz CT molecular complexity index is 1440. The molecule has 12 heteroatoms. The number of rotatable bonds is 11. The standard InChI is InChI=1S/C28H30N2O10/c1-5-38-28(34)18-13-30-27(33)24(25(18)32)17(16-9-21(35-2)26(37-4)22(10-16)36-3)11-23(31)29-12-15-6-7-19-20(8-15)40-14-39-19/h6-10,13,17H,5,11-12,14H2,1-4H3,(H,29,31)(H2,30,32,33)/t17-/m0/s1. The summed E-state index contributed by atoms with van der Waals surface area (Å²) in [6.07, 6.45) is 0.803. The van der Waals surface area contributed by atoms with Gasteiger partial charge < -0.3 is 43.8 Å². The highest BCUT2D eigenvalue weighted by Gasteiger charge is 2.30. The number of pyridine rings is 1. The van der Waals surface area contributed by atoms with Gasteiger partial charge >= 0.3 is 5.97 Å². The molecule has 12 nitrogen and oxygen atoms in total. The van der Waals surface area contributed by atoms with Crippen molar-refractivity contribution in [2.24, 2.45) is 0 Å². The molecule has 40 heavy (non-hydrogen) atoms.